The average molecular weight is 354 g/mol. The largest absolute Gasteiger partial charge is 0.497 e. The van der Waals surface area contributed by atoms with Crippen LogP contribution in [0.3, 0.4) is 0 Å². The number of benzene rings is 2. The zero-order valence-electron chi connectivity index (χ0n) is 15.2. The highest BCUT2D eigenvalue weighted by molar-refractivity contribution is 6.04. The van der Waals surface area contributed by atoms with Crippen LogP contribution >= 0.6 is 0 Å². The Hall–Kier alpha value is -3.02. The summed E-state index contributed by atoms with van der Waals surface area (Å²) in [7, 11) is 3.08. The number of amides is 2. The number of rotatable bonds is 5. The third-order valence-electron chi connectivity index (χ3n) is 4.54. The standard InChI is InChI=1S/C20H22N2O4/c1-14(23)22(18-12-16(25-2)8-9-19(18)26-3)13-20(24)21-11-10-15-6-4-5-7-17(15)21/h4-9,12H,10-11,13H2,1-3H3. The Morgan fingerprint density at radius 1 is 1.12 bits per heavy atom. The first-order valence-electron chi connectivity index (χ1n) is 8.43. The van der Waals surface area contributed by atoms with Gasteiger partial charge in [-0.2, -0.15) is 0 Å². The third-order valence-corrected chi connectivity index (χ3v) is 4.54. The second-order valence-electron chi connectivity index (χ2n) is 6.07. The normalized spacial score (nSPS) is 12.5. The van der Waals surface area contributed by atoms with Gasteiger partial charge >= 0.3 is 0 Å². The summed E-state index contributed by atoms with van der Waals surface area (Å²) in [6.07, 6.45) is 0.824. The van der Waals surface area contributed by atoms with Gasteiger partial charge in [-0.25, -0.2) is 0 Å². The predicted molar refractivity (Wildman–Crippen MR) is 100 cm³/mol. The average Bonchev–Trinajstić information content (AvgIpc) is 3.09. The monoisotopic (exact) mass is 354 g/mol. The van der Waals surface area contributed by atoms with Gasteiger partial charge in [-0.1, -0.05) is 18.2 Å². The van der Waals surface area contributed by atoms with E-state index in [9.17, 15) is 9.59 Å². The molecule has 0 unspecified atom stereocenters. The molecule has 1 aliphatic rings. The SMILES string of the molecule is COc1ccc(OC)c(N(CC(=O)N2CCc3ccccc32)C(C)=O)c1. The summed E-state index contributed by atoms with van der Waals surface area (Å²) in [4.78, 5) is 28.3. The fourth-order valence-corrected chi connectivity index (χ4v) is 3.19. The molecule has 0 bridgehead atoms. The summed E-state index contributed by atoms with van der Waals surface area (Å²) in [6, 6.07) is 13.0. The van der Waals surface area contributed by atoms with E-state index in [1.807, 2.05) is 24.3 Å². The lowest BCUT2D eigenvalue weighted by molar-refractivity contribution is -0.121. The van der Waals surface area contributed by atoms with Gasteiger partial charge in [0.2, 0.25) is 11.8 Å². The lowest BCUT2D eigenvalue weighted by Gasteiger charge is -2.26. The smallest absolute Gasteiger partial charge is 0.247 e. The van der Waals surface area contributed by atoms with E-state index in [2.05, 4.69) is 0 Å². The van der Waals surface area contributed by atoms with Crippen molar-refractivity contribution in [1.82, 2.24) is 0 Å². The molecule has 3 rings (SSSR count). The van der Waals surface area contributed by atoms with Gasteiger partial charge in [-0.3, -0.25) is 14.5 Å². The second-order valence-corrected chi connectivity index (χ2v) is 6.07. The van der Waals surface area contributed by atoms with Gasteiger partial charge in [0.05, 0.1) is 19.9 Å². The maximum Gasteiger partial charge on any atom is 0.247 e. The van der Waals surface area contributed by atoms with E-state index >= 15 is 0 Å². The highest BCUT2D eigenvalue weighted by Crippen LogP contribution is 2.33. The number of methoxy groups -OCH3 is 2. The molecule has 0 fully saturated rings. The van der Waals surface area contributed by atoms with Crippen LogP contribution in [0.2, 0.25) is 0 Å². The first-order chi connectivity index (χ1) is 12.5. The van der Waals surface area contributed by atoms with Crippen LogP contribution in [0.25, 0.3) is 0 Å². The van der Waals surface area contributed by atoms with E-state index in [1.165, 1.54) is 18.9 Å². The van der Waals surface area contributed by atoms with Crippen LogP contribution in [0.15, 0.2) is 42.5 Å². The fraction of sp³-hybridized carbons (Fsp3) is 0.300. The van der Waals surface area contributed by atoms with Gasteiger partial charge < -0.3 is 14.4 Å². The van der Waals surface area contributed by atoms with Crippen molar-refractivity contribution in [3.8, 4) is 11.5 Å². The Kier molecular flexibility index (Phi) is 5.11. The minimum atomic E-state index is -0.239. The molecule has 6 nitrogen and oxygen atoms in total. The molecule has 2 aromatic carbocycles. The Labute approximate surface area is 152 Å². The van der Waals surface area contributed by atoms with Crippen LogP contribution in [0, 0.1) is 0 Å². The van der Waals surface area contributed by atoms with Crippen molar-refractivity contribution in [2.24, 2.45) is 0 Å². The Bertz CT molecular complexity index is 834. The van der Waals surface area contributed by atoms with Gasteiger partial charge in [-0.15, -0.1) is 0 Å². The van der Waals surface area contributed by atoms with E-state index in [0.29, 0.717) is 23.7 Å². The third kappa shape index (κ3) is 3.35. The van der Waals surface area contributed by atoms with Crippen molar-refractivity contribution in [2.45, 2.75) is 13.3 Å². The Balaban J connectivity index is 1.89. The molecule has 0 atom stereocenters. The minimum absolute atomic E-state index is 0.0623. The zero-order chi connectivity index (χ0) is 18.7. The first-order valence-corrected chi connectivity index (χ1v) is 8.43. The predicted octanol–water partition coefficient (Wildman–Crippen LogP) is 2.65. The van der Waals surface area contributed by atoms with Crippen LogP contribution in [-0.2, 0) is 16.0 Å². The molecule has 0 aliphatic carbocycles. The summed E-state index contributed by atoms with van der Waals surface area (Å²) in [5, 5.41) is 0. The molecule has 136 valence electrons. The van der Waals surface area contributed by atoms with Gasteiger partial charge in [0.15, 0.2) is 0 Å². The van der Waals surface area contributed by atoms with Crippen LogP contribution < -0.4 is 19.3 Å². The molecule has 0 spiro atoms. The number of fused-ring (bicyclic) bond motifs is 1. The number of hydrogen-bond acceptors (Lipinski definition) is 4. The van der Waals surface area contributed by atoms with E-state index < -0.39 is 0 Å². The quantitative estimate of drug-likeness (QED) is 0.828. The fourth-order valence-electron chi connectivity index (χ4n) is 3.19. The molecule has 1 heterocycles. The van der Waals surface area contributed by atoms with Gasteiger partial charge in [0.1, 0.15) is 18.0 Å². The van der Waals surface area contributed by atoms with E-state index in [0.717, 1.165) is 17.7 Å². The Morgan fingerprint density at radius 3 is 2.58 bits per heavy atom. The van der Waals surface area contributed by atoms with Gasteiger partial charge in [0.25, 0.3) is 0 Å². The Morgan fingerprint density at radius 2 is 1.88 bits per heavy atom. The number of nitrogens with zero attached hydrogens (tertiary/aromatic N) is 2. The van der Waals surface area contributed by atoms with E-state index in [1.54, 1.807) is 30.2 Å². The lowest BCUT2D eigenvalue weighted by Crippen LogP contribution is -2.42. The van der Waals surface area contributed by atoms with Crippen LogP contribution in [0.5, 0.6) is 11.5 Å². The lowest BCUT2D eigenvalue weighted by atomic mass is 10.2. The maximum absolute atomic E-state index is 12.9. The molecule has 0 saturated heterocycles. The van der Waals surface area contributed by atoms with Crippen LogP contribution in [0.4, 0.5) is 11.4 Å². The first kappa shape index (κ1) is 17.8. The van der Waals surface area contributed by atoms with Crippen LogP contribution in [-0.4, -0.2) is 39.1 Å². The van der Waals surface area contributed by atoms with Crippen molar-refractivity contribution >= 4 is 23.2 Å². The highest BCUT2D eigenvalue weighted by Gasteiger charge is 2.28. The number of anilines is 2. The number of ether oxygens (including phenoxy) is 2. The molecule has 2 amide bonds. The molecule has 0 saturated carbocycles. The second kappa shape index (κ2) is 7.47. The molecule has 6 heteroatoms. The number of para-hydroxylation sites is 1. The van der Waals surface area contributed by atoms with Crippen molar-refractivity contribution in [2.75, 3.05) is 37.1 Å². The highest BCUT2D eigenvalue weighted by atomic mass is 16.5. The molecule has 0 N–H and O–H groups in total. The molecule has 1 aliphatic heterocycles. The molecule has 0 aromatic heterocycles. The minimum Gasteiger partial charge on any atom is -0.497 e. The zero-order valence-corrected chi connectivity index (χ0v) is 15.2. The summed E-state index contributed by atoms with van der Waals surface area (Å²) in [6.45, 7) is 2.00. The molecule has 0 radical (unpaired) electrons. The molecule has 2 aromatic rings. The van der Waals surface area contributed by atoms with Crippen molar-refractivity contribution in [1.29, 1.82) is 0 Å². The maximum atomic E-state index is 12.9. The topological polar surface area (TPSA) is 59.1 Å². The van der Waals surface area contributed by atoms with E-state index in [-0.39, 0.29) is 18.4 Å². The summed E-state index contributed by atoms with van der Waals surface area (Å²) >= 11 is 0. The number of hydrogen-bond donors (Lipinski definition) is 0. The van der Waals surface area contributed by atoms with Crippen molar-refractivity contribution in [3.05, 3.63) is 48.0 Å². The van der Waals surface area contributed by atoms with Gasteiger partial charge in [-0.05, 0) is 30.2 Å². The van der Waals surface area contributed by atoms with Crippen LogP contribution in [0.1, 0.15) is 12.5 Å². The van der Waals surface area contributed by atoms with Crippen molar-refractivity contribution < 1.29 is 19.1 Å². The number of carbonyl (C=O) groups excluding carboxylic acids is 2. The number of carbonyl (C=O) groups is 2. The van der Waals surface area contributed by atoms with Gasteiger partial charge in [0, 0.05) is 25.2 Å². The molecular weight excluding hydrogens is 332 g/mol. The molecular formula is C20H22N2O4. The molecule has 26 heavy (non-hydrogen) atoms. The van der Waals surface area contributed by atoms with E-state index in [4.69, 9.17) is 9.47 Å². The van der Waals surface area contributed by atoms with Crippen molar-refractivity contribution in [3.63, 3.8) is 0 Å². The summed E-state index contributed by atoms with van der Waals surface area (Å²) in [5.74, 6) is 0.731. The summed E-state index contributed by atoms with van der Waals surface area (Å²) in [5.41, 5.74) is 2.58. The summed E-state index contributed by atoms with van der Waals surface area (Å²) < 4.78 is 10.6.